The van der Waals surface area contributed by atoms with E-state index in [0.717, 1.165) is 0 Å². The predicted octanol–water partition coefficient (Wildman–Crippen LogP) is 1.55. The summed E-state index contributed by atoms with van der Waals surface area (Å²) in [6, 6.07) is 6.20. The Morgan fingerprint density at radius 1 is 1.47 bits per heavy atom. The third kappa shape index (κ3) is 2.12. The third-order valence-corrected chi connectivity index (χ3v) is 2.87. The quantitative estimate of drug-likeness (QED) is 0.636. The SMILES string of the molecule is O=C(O)[C@@H]1OCC[C@H]1c1ccccc1[N+](=O)[O-]. The number of carbonyl (C=O) groups is 1. The van der Waals surface area contributed by atoms with Gasteiger partial charge in [0.1, 0.15) is 0 Å². The van der Waals surface area contributed by atoms with Crippen molar-refractivity contribution in [3.8, 4) is 0 Å². The Bertz CT molecular complexity index is 459. The largest absolute Gasteiger partial charge is 0.479 e. The van der Waals surface area contributed by atoms with Crippen LogP contribution in [0.15, 0.2) is 24.3 Å². The summed E-state index contributed by atoms with van der Waals surface area (Å²) >= 11 is 0. The predicted molar refractivity (Wildman–Crippen MR) is 57.8 cm³/mol. The Morgan fingerprint density at radius 3 is 2.82 bits per heavy atom. The van der Waals surface area contributed by atoms with Crippen LogP contribution in [0.4, 0.5) is 5.69 Å². The van der Waals surface area contributed by atoms with Crippen LogP contribution in [0.5, 0.6) is 0 Å². The molecule has 90 valence electrons. The zero-order valence-corrected chi connectivity index (χ0v) is 8.91. The van der Waals surface area contributed by atoms with E-state index in [-0.39, 0.29) is 5.69 Å². The van der Waals surface area contributed by atoms with Gasteiger partial charge in [-0.1, -0.05) is 18.2 Å². The maximum Gasteiger partial charge on any atom is 0.333 e. The molecule has 2 rings (SSSR count). The number of carboxylic acids is 1. The van der Waals surface area contributed by atoms with Crippen molar-refractivity contribution in [2.75, 3.05) is 6.61 Å². The highest BCUT2D eigenvalue weighted by Crippen LogP contribution is 2.36. The van der Waals surface area contributed by atoms with Crippen LogP contribution >= 0.6 is 0 Å². The first kappa shape index (κ1) is 11.5. The monoisotopic (exact) mass is 237 g/mol. The van der Waals surface area contributed by atoms with Crippen LogP contribution in [0.2, 0.25) is 0 Å². The van der Waals surface area contributed by atoms with E-state index in [1.165, 1.54) is 6.07 Å². The minimum Gasteiger partial charge on any atom is -0.479 e. The van der Waals surface area contributed by atoms with Gasteiger partial charge in [0.2, 0.25) is 0 Å². The molecule has 0 aliphatic carbocycles. The molecule has 0 bridgehead atoms. The summed E-state index contributed by atoms with van der Waals surface area (Å²) < 4.78 is 5.09. The molecule has 1 heterocycles. The smallest absolute Gasteiger partial charge is 0.333 e. The molecule has 1 aromatic rings. The van der Waals surface area contributed by atoms with E-state index in [1.807, 2.05) is 0 Å². The van der Waals surface area contributed by atoms with E-state index in [2.05, 4.69) is 0 Å². The maximum absolute atomic E-state index is 11.0. The Morgan fingerprint density at radius 2 is 2.18 bits per heavy atom. The molecule has 2 atom stereocenters. The van der Waals surface area contributed by atoms with Gasteiger partial charge in [-0.3, -0.25) is 10.1 Å². The molecular formula is C11H11NO5. The van der Waals surface area contributed by atoms with Crippen molar-refractivity contribution in [1.29, 1.82) is 0 Å². The first-order valence-corrected chi connectivity index (χ1v) is 5.19. The average molecular weight is 237 g/mol. The number of ether oxygens (including phenoxy) is 1. The highest BCUT2D eigenvalue weighted by Gasteiger charge is 2.38. The number of hydrogen-bond acceptors (Lipinski definition) is 4. The van der Waals surface area contributed by atoms with Crippen molar-refractivity contribution in [3.63, 3.8) is 0 Å². The number of rotatable bonds is 3. The number of para-hydroxylation sites is 1. The van der Waals surface area contributed by atoms with Gasteiger partial charge >= 0.3 is 5.97 Å². The van der Waals surface area contributed by atoms with E-state index in [0.29, 0.717) is 18.6 Å². The molecule has 0 radical (unpaired) electrons. The third-order valence-electron chi connectivity index (χ3n) is 2.87. The highest BCUT2D eigenvalue weighted by molar-refractivity contribution is 5.74. The fraction of sp³-hybridized carbons (Fsp3) is 0.364. The first-order valence-electron chi connectivity index (χ1n) is 5.19. The van der Waals surface area contributed by atoms with E-state index in [9.17, 15) is 14.9 Å². The number of aliphatic carboxylic acids is 1. The number of benzene rings is 1. The van der Waals surface area contributed by atoms with Gasteiger partial charge in [-0.15, -0.1) is 0 Å². The molecule has 6 heteroatoms. The molecule has 6 nitrogen and oxygen atoms in total. The second-order valence-electron chi connectivity index (χ2n) is 3.84. The number of nitrogens with zero attached hydrogens (tertiary/aromatic N) is 1. The van der Waals surface area contributed by atoms with E-state index >= 15 is 0 Å². The van der Waals surface area contributed by atoms with Crippen LogP contribution in [0.3, 0.4) is 0 Å². The fourth-order valence-corrected chi connectivity index (χ4v) is 2.12. The van der Waals surface area contributed by atoms with Crippen molar-refractivity contribution in [1.82, 2.24) is 0 Å². The normalized spacial score (nSPS) is 23.5. The minimum atomic E-state index is -1.08. The molecule has 1 fully saturated rings. The second kappa shape index (κ2) is 4.50. The summed E-state index contributed by atoms with van der Waals surface area (Å²) in [4.78, 5) is 21.4. The summed E-state index contributed by atoms with van der Waals surface area (Å²) in [5.74, 6) is -1.53. The van der Waals surface area contributed by atoms with Crippen LogP contribution < -0.4 is 0 Å². The van der Waals surface area contributed by atoms with Crippen molar-refractivity contribution >= 4 is 11.7 Å². The lowest BCUT2D eigenvalue weighted by Crippen LogP contribution is -2.25. The van der Waals surface area contributed by atoms with Crippen LogP contribution in [0, 0.1) is 10.1 Å². The van der Waals surface area contributed by atoms with Crippen molar-refractivity contribution in [2.45, 2.75) is 18.4 Å². The van der Waals surface area contributed by atoms with Crippen molar-refractivity contribution in [2.24, 2.45) is 0 Å². The summed E-state index contributed by atoms with van der Waals surface area (Å²) in [6.07, 6.45) is -0.502. The molecule has 1 aliphatic rings. The molecule has 0 aromatic heterocycles. The van der Waals surface area contributed by atoms with Crippen molar-refractivity contribution < 1.29 is 19.6 Å². The number of carboxylic acid groups (broad SMARTS) is 1. The zero-order chi connectivity index (χ0) is 12.4. The number of nitro groups is 1. The minimum absolute atomic E-state index is 0.0470. The molecule has 0 spiro atoms. The standard InChI is InChI=1S/C11H11NO5/c13-11(14)10-8(5-6-17-10)7-3-1-2-4-9(7)12(15)16/h1-4,8,10H,5-6H2,(H,13,14)/t8-,10+/m0/s1. The van der Waals surface area contributed by atoms with Crippen LogP contribution in [-0.4, -0.2) is 28.7 Å². The van der Waals surface area contributed by atoms with Crippen molar-refractivity contribution in [3.05, 3.63) is 39.9 Å². The molecule has 1 aromatic carbocycles. The van der Waals surface area contributed by atoms with Gasteiger partial charge in [-0.05, 0) is 6.42 Å². The van der Waals surface area contributed by atoms with Gasteiger partial charge in [-0.2, -0.15) is 0 Å². The second-order valence-corrected chi connectivity index (χ2v) is 3.84. The molecule has 1 saturated heterocycles. The first-order chi connectivity index (χ1) is 8.11. The number of hydrogen-bond donors (Lipinski definition) is 1. The van der Waals surface area contributed by atoms with Gasteiger partial charge in [-0.25, -0.2) is 4.79 Å². The number of nitro benzene ring substituents is 1. The van der Waals surface area contributed by atoms with Crippen LogP contribution in [-0.2, 0) is 9.53 Å². The van der Waals surface area contributed by atoms with E-state index < -0.39 is 22.9 Å². The molecule has 0 unspecified atom stereocenters. The van der Waals surface area contributed by atoms with E-state index in [4.69, 9.17) is 9.84 Å². The fourth-order valence-electron chi connectivity index (χ4n) is 2.12. The van der Waals surface area contributed by atoms with Gasteiger partial charge in [0.05, 0.1) is 4.92 Å². The molecule has 17 heavy (non-hydrogen) atoms. The summed E-state index contributed by atoms with van der Waals surface area (Å²) in [5, 5.41) is 19.9. The summed E-state index contributed by atoms with van der Waals surface area (Å²) in [7, 11) is 0. The molecule has 1 N–H and O–H groups in total. The van der Waals surface area contributed by atoms with Gasteiger partial charge in [0.25, 0.3) is 5.69 Å². The Balaban J connectivity index is 2.39. The molecule has 0 amide bonds. The molecule has 1 aliphatic heterocycles. The van der Waals surface area contributed by atoms with Gasteiger partial charge < -0.3 is 9.84 Å². The Hall–Kier alpha value is -1.95. The lowest BCUT2D eigenvalue weighted by Gasteiger charge is -2.14. The lowest BCUT2D eigenvalue weighted by molar-refractivity contribution is -0.385. The van der Waals surface area contributed by atoms with Gasteiger partial charge in [0, 0.05) is 24.2 Å². The molecule has 0 saturated carbocycles. The van der Waals surface area contributed by atoms with Crippen LogP contribution in [0.1, 0.15) is 17.9 Å². The van der Waals surface area contributed by atoms with Crippen LogP contribution in [0.25, 0.3) is 0 Å². The Kier molecular flexibility index (Phi) is 3.06. The topological polar surface area (TPSA) is 89.7 Å². The van der Waals surface area contributed by atoms with Gasteiger partial charge in [0.15, 0.2) is 6.10 Å². The maximum atomic E-state index is 11.0. The average Bonchev–Trinajstić information content (AvgIpc) is 2.77. The summed E-state index contributed by atoms with van der Waals surface area (Å²) in [6.45, 7) is 0.313. The highest BCUT2D eigenvalue weighted by atomic mass is 16.6. The lowest BCUT2D eigenvalue weighted by atomic mass is 9.91. The Labute approximate surface area is 97.0 Å². The van der Waals surface area contributed by atoms with E-state index in [1.54, 1.807) is 18.2 Å². The zero-order valence-electron chi connectivity index (χ0n) is 8.91. The molecular weight excluding hydrogens is 226 g/mol. The summed E-state index contributed by atoms with van der Waals surface area (Å²) in [5.41, 5.74) is 0.386.